The molecule has 0 spiro atoms. The van der Waals surface area contributed by atoms with E-state index in [9.17, 15) is 15.0 Å². The van der Waals surface area contributed by atoms with E-state index in [-0.39, 0.29) is 11.5 Å². The van der Waals surface area contributed by atoms with Gasteiger partial charge in [-0.15, -0.1) is 0 Å². The highest BCUT2D eigenvalue weighted by molar-refractivity contribution is 6.30. The van der Waals surface area contributed by atoms with Gasteiger partial charge in [-0.05, 0) is 59.0 Å². The van der Waals surface area contributed by atoms with Crippen molar-refractivity contribution in [1.29, 1.82) is 0 Å². The van der Waals surface area contributed by atoms with E-state index in [0.717, 1.165) is 22.4 Å². The van der Waals surface area contributed by atoms with Crippen LogP contribution in [0, 0.1) is 5.92 Å². The van der Waals surface area contributed by atoms with Crippen LogP contribution in [0.5, 0.6) is 11.5 Å². The summed E-state index contributed by atoms with van der Waals surface area (Å²) < 4.78 is 11.5. The molecule has 0 fully saturated rings. The van der Waals surface area contributed by atoms with Gasteiger partial charge in [0.2, 0.25) is 0 Å². The van der Waals surface area contributed by atoms with Gasteiger partial charge in [-0.1, -0.05) is 55.8 Å². The summed E-state index contributed by atoms with van der Waals surface area (Å²) in [5.41, 5.74) is 2.72. The van der Waals surface area contributed by atoms with E-state index in [1.165, 1.54) is 0 Å². The average Bonchev–Trinajstić information content (AvgIpc) is 2.82. The standard InChI is InChI=1S/C27H30ClNO5/c1-18(2)17-34-26-15-20(8-11-24(26)27(31)32)19-6-9-23(10-7-19)33-13-12-29-16-25(30)21-4-3-5-22(28)14-21/h3-11,14-15,18,25,29-30H,12-13,16-17H2,1-2H3,(H,31,32)/t25-/m0/s1. The Kier molecular flexibility index (Phi) is 9.33. The molecule has 3 aromatic carbocycles. The molecule has 0 aromatic heterocycles. The number of ether oxygens (including phenoxy) is 2. The fourth-order valence-electron chi connectivity index (χ4n) is 3.31. The van der Waals surface area contributed by atoms with Crippen molar-refractivity contribution in [3.63, 3.8) is 0 Å². The largest absolute Gasteiger partial charge is 0.492 e. The third-order valence-corrected chi connectivity index (χ3v) is 5.33. The first-order valence-electron chi connectivity index (χ1n) is 11.2. The van der Waals surface area contributed by atoms with Crippen LogP contribution < -0.4 is 14.8 Å². The zero-order valence-electron chi connectivity index (χ0n) is 19.3. The summed E-state index contributed by atoms with van der Waals surface area (Å²) >= 11 is 5.96. The molecule has 3 aromatic rings. The van der Waals surface area contributed by atoms with Crippen LogP contribution in [0.25, 0.3) is 11.1 Å². The van der Waals surface area contributed by atoms with Crippen molar-refractivity contribution in [2.45, 2.75) is 20.0 Å². The molecule has 180 valence electrons. The van der Waals surface area contributed by atoms with E-state index >= 15 is 0 Å². The fourth-order valence-corrected chi connectivity index (χ4v) is 3.51. The Morgan fingerprint density at radius 3 is 2.41 bits per heavy atom. The lowest BCUT2D eigenvalue weighted by atomic mass is 10.0. The summed E-state index contributed by atoms with van der Waals surface area (Å²) in [6, 6.07) is 19.9. The molecule has 0 aliphatic heterocycles. The number of rotatable bonds is 12. The van der Waals surface area contributed by atoms with Gasteiger partial charge in [-0.2, -0.15) is 0 Å². The van der Waals surface area contributed by atoms with E-state index in [2.05, 4.69) is 5.32 Å². The molecular formula is C27H30ClNO5. The van der Waals surface area contributed by atoms with Crippen LogP contribution in [0.1, 0.15) is 35.9 Å². The van der Waals surface area contributed by atoms with Gasteiger partial charge in [0.15, 0.2) is 0 Å². The molecule has 7 heteroatoms. The Bertz CT molecular complexity index is 1080. The number of benzene rings is 3. The maximum Gasteiger partial charge on any atom is 0.339 e. The number of hydrogen-bond acceptors (Lipinski definition) is 5. The number of halogens is 1. The summed E-state index contributed by atoms with van der Waals surface area (Å²) in [5, 5.41) is 23.4. The number of aromatic carboxylic acids is 1. The van der Waals surface area contributed by atoms with Crippen molar-refractivity contribution in [3.05, 3.63) is 82.9 Å². The zero-order chi connectivity index (χ0) is 24.5. The fraction of sp³-hybridized carbons (Fsp3) is 0.296. The topological polar surface area (TPSA) is 88.0 Å². The van der Waals surface area contributed by atoms with Crippen LogP contribution in [0.2, 0.25) is 5.02 Å². The predicted octanol–water partition coefficient (Wildman–Crippen LogP) is 5.44. The van der Waals surface area contributed by atoms with Crippen molar-refractivity contribution >= 4 is 17.6 Å². The second-order valence-corrected chi connectivity index (χ2v) is 8.81. The van der Waals surface area contributed by atoms with Crippen LogP contribution in [-0.4, -0.2) is 42.5 Å². The summed E-state index contributed by atoms with van der Waals surface area (Å²) in [6.07, 6.45) is -0.639. The van der Waals surface area contributed by atoms with Gasteiger partial charge in [0, 0.05) is 18.1 Å². The van der Waals surface area contributed by atoms with Gasteiger partial charge in [0.05, 0.1) is 12.7 Å². The zero-order valence-corrected chi connectivity index (χ0v) is 20.1. The number of carbonyl (C=O) groups is 1. The minimum absolute atomic E-state index is 0.150. The molecule has 0 aliphatic carbocycles. The van der Waals surface area contributed by atoms with E-state index in [1.807, 2.05) is 50.2 Å². The van der Waals surface area contributed by atoms with Crippen molar-refractivity contribution in [2.75, 3.05) is 26.3 Å². The first kappa shape index (κ1) is 25.6. The molecule has 1 atom stereocenters. The normalized spacial score (nSPS) is 11.9. The predicted molar refractivity (Wildman–Crippen MR) is 134 cm³/mol. The number of nitrogens with one attached hydrogen (secondary N) is 1. The van der Waals surface area contributed by atoms with Gasteiger partial charge in [0.25, 0.3) is 0 Å². The maximum absolute atomic E-state index is 11.5. The molecule has 3 N–H and O–H groups in total. The maximum atomic E-state index is 11.5. The highest BCUT2D eigenvalue weighted by Crippen LogP contribution is 2.29. The quantitative estimate of drug-likeness (QED) is 0.297. The number of hydrogen-bond donors (Lipinski definition) is 3. The Balaban J connectivity index is 1.51. The van der Waals surface area contributed by atoms with E-state index < -0.39 is 12.1 Å². The van der Waals surface area contributed by atoms with E-state index in [0.29, 0.717) is 37.1 Å². The number of carboxylic acid groups (broad SMARTS) is 1. The summed E-state index contributed by atoms with van der Waals surface area (Å²) in [5.74, 6) is 0.364. The third kappa shape index (κ3) is 7.48. The molecule has 3 rings (SSSR count). The van der Waals surface area contributed by atoms with Crippen molar-refractivity contribution in [2.24, 2.45) is 5.92 Å². The first-order chi connectivity index (χ1) is 16.3. The summed E-state index contributed by atoms with van der Waals surface area (Å²) in [4.78, 5) is 11.5. The number of carboxylic acids is 1. The number of aliphatic hydroxyl groups is 1. The second kappa shape index (κ2) is 12.4. The van der Waals surface area contributed by atoms with E-state index in [4.69, 9.17) is 21.1 Å². The van der Waals surface area contributed by atoms with Gasteiger partial charge >= 0.3 is 5.97 Å². The molecular weight excluding hydrogens is 454 g/mol. The minimum atomic E-state index is -1.01. The van der Waals surface area contributed by atoms with Gasteiger partial charge in [0.1, 0.15) is 23.7 Å². The summed E-state index contributed by atoms with van der Waals surface area (Å²) in [7, 11) is 0. The molecule has 0 radical (unpaired) electrons. The molecule has 0 aliphatic rings. The SMILES string of the molecule is CC(C)COc1cc(-c2ccc(OCCNC[C@H](O)c3cccc(Cl)c3)cc2)ccc1C(=O)O. The van der Waals surface area contributed by atoms with Crippen LogP contribution in [-0.2, 0) is 0 Å². The smallest absolute Gasteiger partial charge is 0.339 e. The summed E-state index contributed by atoms with van der Waals surface area (Å²) in [6.45, 7) is 5.89. The molecule has 6 nitrogen and oxygen atoms in total. The van der Waals surface area contributed by atoms with Crippen LogP contribution in [0.4, 0.5) is 0 Å². The lowest BCUT2D eigenvalue weighted by Gasteiger charge is -2.14. The van der Waals surface area contributed by atoms with Crippen molar-refractivity contribution in [3.8, 4) is 22.6 Å². The van der Waals surface area contributed by atoms with Gasteiger partial charge in [-0.25, -0.2) is 4.79 Å². The minimum Gasteiger partial charge on any atom is -0.492 e. The molecule has 0 heterocycles. The lowest BCUT2D eigenvalue weighted by Crippen LogP contribution is -2.26. The molecule has 0 saturated heterocycles. The first-order valence-corrected chi connectivity index (χ1v) is 11.6. The van der Waals surface area contributed by atoms with Crippen molar-refractivity contribution < 1.29 is 24.5 Å². The molecule has 0 amide bonds. The Hall–Kier alpha value is -3.06. The molecule has 0 unspecified atom stereocenters. The molecule has 0 bridgehead atoms. The highest BCUT2D eigenvalue weighted by Gasteiger charge is 2.14. The van der Waals surface area contributed by atoms with Crippen LogP contribution >= 0.6 is 11.6 Å². The molecule has 34 heavy (non-hydrogen) atoms. The average molecular weight is 484 g/mol. The van der Waals surface area contributed by atoms with Gasteiger partial charge in [-0.3, -0.25) is 0 Å². The lowest BCUT2D eigenvalue weighted by molar-refractivity contribution is 0.0691. The molecule has 0 saturated carbocycles. The number of aliphatic hydroxyl groups excluding tert-OH is 1. The van der Waals surface area contributed by atoms with Crippen molar-refractivity contribution in [1.82, 2.24) is 5.32 Å². The van der Waals surface area contributed by atoms with Crippen LogP contribution in [0.15, 0.2) is 66.7 Å². The monoisotopic (exact) mass is 483 g/mol. The Labute approximate surface area is 205 Å². The van der Waals surface area contributed by atoms with Crippen LogP contribution in [0.3, 0.4) is 0 Å². The third-order valence-electron chi connectivity index (χ3n) is 5.09. The second-order valence-electron chi connectivity index (χ2n) is 8.37. The van der Waals surface area contributed by atoms with E-state index in [1.54, 1.807) is 30.3 Å². The van der Waals surface area contributed by atoms with Gasteiger partial charge < -0.3 is 25.0 Å². The highest BCUT2D eigenvalue weighted by atomic mass is 35.5. The Morgan fingerprint density at radius 1 is 1.00 bits per heavy atom. The Morgan fingerprint density at radius 2 is 1.74 bits per heavy atom.